The van der Waals surface area contributed by atoms with Gasteiger partial charge in [-0.15, -0.1) is 0 Å². The minimum absolute atomic E-state index is 0.0413. The van der Waals surface area contributed by atoms with E-state index in [1.807, 2.05) is 13.8 Å². The van der Waals surface area contributed by atoms with Crippen molar-refractivity contribution in [3.05, 3.63) is 0 Å². The molecule has 0 aliphatic carbocycles. The number of unbranched alkanes of at least 4 members (excludes halogenated alkanes) is 2. The van der Waals surface area contributed by atoms with Crippen LogP contribution in [0.3, 0.4) is 0 Å². The fraction of sp³-hybridized carbons (Fsp3) is 0.818. The standard InChI is InChI=1S/C22H38O9/c1-21(2,13-15-29-19(27)11-7-5-9-17(23)24)30-16-14-22(3,4)31-20(28)12-8-6-10-18(25)26/h5-16H2,1-4H3,(H,23,24)(H,25,26). The van der Waals surface area contributed by atoms with E-state index in [1.165, 1.54) is 0 Å². The molecule has 0 aliphatic rings. The number of carbonyl (C=O) groups excluding carboxylic acids is 2. The van der Waals surface area contributed by atoms with Crippen molar-refractivity contribution in [2.45, 2.75) is 103 Å². The van der Waals surface area contributed by atoms with Crippen LogP contribution in [-0.4, -0.2) is 58.5 Å². The molecule has 31 heavy (non-hydrogen) atoms. The van der Waals surface area contributed by atoms with Gasteiger partial charge in [-0.25, -0.2) is 0 Å². The van der Waals surface area contributed by atoms with Crippen LogP contribution < -0.4 is 0 Å². The van der Waals surface area contributed by atoms with Crippen LogP contribution in [0.5, 0.6) is 0 Å². The van der Waals surface area contributed by atoms with Crippen molar-refractivity contribution in [1.29, 1.82) is 0 Å². The summed E-state index contributed by atoms with van der Waals surface area (Å²) in [6.07, 6.45) is 3.30. The highest BCUT2D eigenvalue weighted by molar-refractivity contribution is 5.70. The van der Waals surface area contributed by atoms with Gasteiger partial charge in [-0.2, -0.15) is 0 Å². The smallest absolute Gasteiger partial charge is 0.306 e. The maximum Gasteiger partial charge on any atom is 0.306 e. The van der Waals surface area contributed by atoms with Crippen LogP contribution in [0.2, 0.25) is 0 Å². The Morgan fingerprint density at radius 2 is 1.10 bits per heavy atom. The van der Waals surface area contributed by atoms with Gasteiger partial charge in [-0.3, -0.25) is 19.2 Å². The van der Waals surface area contributed by atoms with Crippen LogP contribution in [0.15, 0.2) is 0 Å². The lowest BCUT2D eigenvalue weighted by Crippen LogP contribution is -2.33. The van der Waals surface area contributed by atoms with E-state index < -0.39 is 23.1 Å². The molecular weight excluding hydrogens is 408 g/mol. The zero-order valence-electron chi connectivity index (χ0n) is 19.2. The highest BCUT2D eigenvalue weighted by Gasteiger charge is 2.25. The van der Waals surface area contributed by atoms with Crippen molar-refractivity contribution in [2.24, 2.45) is 0 Å². The molecule has 0 aromatic carbocycles. The molecule has 0 fully saturated rings. The van der Waals surface area contributed by atoms with Gasteiger partial charge in [0, 0.05) is 38.5 Å². The second-order valence-electron chi connectivity index (χ2n) is 8.76. The summed E-state index contributed by atoms with van der Waals surface area (Å²) in [7, 11) is 0. The zero-order valence-corrected chi connectivity index (χ0v) is 19.2. The monoisotopic (exact) mass is 446 g/mol. The third-order valence-corrected chi connectivity index (χ3v) is 4.60. The summed E-state index contributed by atoms with van der Waals surface area (Å²) in [5, 5.41) is 17.2. The van der Waals surface area contributed by atoms with Gasteiger partial charge >= 0.3 is 23.9 Å². The van der Waals surface area contributed by atoms with Crippen molar-refractivity contribution in [2.75, 3.05) is 13.2 Å². The molecule has 9 nitrogen and oxygen atoms in total. The molecule has 0 bridgehead atoms. The summed E-state index contributed by atoms with van der Waals surface area (Å²) in [5.74, 6) is -2.46. The fourth-order valence-electron chi connectivity index (χ4n) is 2.63. The van der Waals surface area contributed by atoms with Crippen molar-refractivity contribution >= 4 is 23.9 Å². The first-order valence-corrected chi connectivity index (χ1v) is 10.8. The molecule has 2 N–H and O–H groups in total. The average molecular weight is 447 g/mol. The van der Waals surface area contributed by atoms with Gasteiger partial charge in [0.15, 0.2) is 0 Å². The molecule has 0 aliphatic heterocycles. The summed E-state index contributed by atoms with van der Waals surface area (Å²) < 4.78 is 16.5. The van der Waals surface area contributed by atoms with Crippen molar-refractivity contribution < 1.29 is 43.6 Å². The van der Waals surface area contributed by atoms with Gasteiger partial charge < -0.3 is 24.4 Å². The minimum Gasteiger partial charge on any atom is -0.481 e. The molecule has 0 heterocycles. The van der Waals surface area contributed by atoms with Crippen molar-refractivity contribution in [3.8, 4) is 0 Å². The molecule has 0 aromatic rings. The molecule has 0 radical (unpaired) electrons. The van der Waals surface area contributed by atoms with E-state index in [1.54, 1.807) is 13.8 Å². The molecule has 9 heteroatoms. The topological polar surface area (TPSA) is 136 Å². The van der Waals surface area contributed by atoms with E-state index in [-0.39, 0.29) is 44.2 Å². The summed E-state index contributed by atoms with van der Waals surface area (Å²) in [6, 6.07) is 0. The Hall–Kier alpha value is -2.16. The van der Waals surface area contributed by atoms with Crippen LogP contribution in [0, 0.1) is 0 Å². The lowest BCUT2D eigenvalue weighted by atomic mass is 10.0. The molecule has 0 unspecified atom stereocenters. The Morgan fingerprint density at radius 1 is 0.645 bits per heavy atom. The molecular formula is C22H38O9. The summed E-state index contributed by atoms with van der Waals surface area (Å²) in [5.41, 5.74) is -1.23. The zero-order chi connectivity index (χ0) is 23.9. The number of carbonyl (C=O) groups is 4. The maximum absolute atomic E-state index is 11.9. The van der Waals surface area contributed by atoms with E-state index in [2.05, 4.69) is 0 Å². The molecule has 0 aromatic heterocycles. The van der Waals surface area contributed by atoms with Crippen LogP contribution in [0.1, 0.15) is 91.9 Å². The largest absolute Gasteiger partial charge is 0.481 e. The Bertz CT molecular complexity index is 582. The number of carboxylic acid groups (broad SMARTS) is 2. The van der Waals surface area contributed by atoms with E-state index in [0.29, 0.717) is 45.1 Å². The third-order valence-electron chi connectivity index (χ3n) is 4.60. The van der Waals surface area contributed by atoms with E-state index >= 15 is 0 Å². The minimum atomic E-state index is -0.876. The van der Waals surface area contributed by atoms with Crippen molar-refractivity contribution in [1.82, 2.24) is 0 Å². The number of ether oxygens (including phenoxy) is 3. The van der Waals surface area contributed by atoms with Crippen molar-refractivity contribution in [3.63, 3.8) is 0 Å². The predicted molar refractivity (Wildman–Crippen MR) is 113 cm³/mol. The van der Waals surface area contributed by atoms with Crippen LogP contribution >= 0.6 is 0 Å². The average Bonchev–Trinajstić information content (AvgIpc) is 2.61. The lowest BCUT2D eigenvalue weighted by molar-refractivity contribution is -0.159. The normalized spacial score (nSPS) is 11.7. The molecule has 0 saturated carbocycles. The highest BCUT2D eigenvalue weighted by Crippen LogP contribution is 2.20. The van der Waals surface area contributed by atoms with E-state index in [0.717, 1.165) is 0 Å². The predicted octanol–water partition coefficient (Wildman–Crippen LogP) is 3.72. The summed E-state index contributed by atoms with van der Waals surface area (Å²) in [6.45, 7) is 7.93. The van der Waals surface area contributed by atoms with Crippen LogP contribution in [-0.2, 0) is 33.4 Å². The Kier molecular flexibility index (Phi) is 13.7. The summed E-state index contributed by atoms with van der Waals surface area (Å²) >= 11 is 0. The van der Waals surface area contributed by atoms with Gasteiger partial charge in [0.2, 0.25) is 0 Å². The van der Waals surface area contributed by atoms with Gasteiger partial charge in [0.05, 0.1) is 18.8 Å². The van der Waals surface area contributed by atoms with Gasteiger partial charge in [0.25, 0.3) is 0 Å². The number of carboxylic acids is 2. The molecule has 0 spiro atoms. The second-order valence-corrected chi connectivity index (χ2v) is 8.76. The van der Waals surface area contributed by atoms with Crippen LogP contribution in [0.25, 0.3) is 0 Å². The SMILES string of the molecule is CC(C)(CCOC(=O)CCCCC(=O)O)OCCC(C)(C)OC(=O)CCCCC(=O)O. The number of rotatable bonds is 18. The van der Waals surface area contributed by atoms with E-state index in [4.69, 9.17) is 24.4 Å². The Labute approximate surface area is 184 Å². The third kappa shape index (κ3) is 18.3. The maximum atomic E-state index is 11.9. The number of aliphatic carboxylic acids is 2. The lowest BCUT2D eigenvalue weighted by Gasteiger charge is -2.29. The molecule has 0 atom stereocenters. The molecule has 0 rings (SSSR count). The summed E-state index contributed by atoms with van der Waals surface area (Å²) in [4.78, 5) is 44.5. The van der Waals surface area contributed by atoms with Crippen LogP contribution in [0.4, 0.5) is 0 Å². The number of hydrogen-bond acceptors (Lipinski definition) is 7. The Balaban J connectivity index is 4.01. The van der Waals surface area contributed by atoms with Gasteiger partial charge in [-0.05, 0) is 53.4 Å². The first kappa shape index (κ1) is 28.8. The first-order chi connectivity index (χ1) is 14.3. The highest BCUT2D eigenvalue weighted by atomic mass is 16.6. The van der Waals surface area contributed by atoms with Gasteiger partial charge in [-0.1, -0.05) is 0 Å². The first-order valence-electron chi connectivity index (χ1n) is 10.8. The van der Waals surface area contributed by atoms with E-state index in [9.17, 15) is 19.2 Å². The van der Waals surface area contributed by atoms with Gasteiger partial charge in [0.1, 0.15) is 5.60 Å². The fourth-order valence-corrected chi connectivity index (χ4v) is 2.63. The number of esters is 2. The molecule has 0 saturated heterocycles. The number of hydrogen-bond donors (Lipinski definition) is 2. The second kappa shape index (κ2) is 14.8. The molecule has 180 valence electrons. The quantitative estimate of drug-likeness (QED) is 0.238. The Morgan fingerprint density at radius 3 is 1.61 bits per heavy atom. The molecule has 0 amide bonds.